The third-order valence-electron chi connectivity index (χ3n) is 5.07. The maximum Gasteiger partial charge on any atom is 0.276 e. The van der Waals surface area contributed by atoms with Crippen molar-refractivity contribution in [2.75, 3.05) is 13.1 Å². The maximum absolute atomic E-state index is 12.1. The van der Waals surface area contributed by atoms with E-state index in [-0.39, 0.29) is 16.9 Å². The molecule has 3 rings (SSSR count). The number of amides is 1. The first kappa shape index (κ1) is 17.5. The van der Waals surface area contributed by atoms with Crippen molar-refractivity contribution in [1.29, 1.82) is 5.26 Å². The van der Waals surface area contributed by atoms with Crippen LogP contribution in [-0.4, -0.2) is 25.0 Å². The quantitative estimate of drug-likeness (QED) is 0.671. The summed E-state index contributed by atoms with van der Waals surface area (Å²) >= 11 is 6.53. The molecule has 4 nitrogen and oxygen atoms in total. The monoisotopic (exact) mass is 354 g/mol. The van der Waals surface area contributed by atoms with Gasteiger partial charge in [0, 0.05) is 18.4 Å². The zero-order chi connectivity index (χ0) is 18.0. The number of carbonyl (C=O) groups is 1. The number of carbonyl (C=O) groups excluding carboxylic acids is 1. The fraction of sp³-hybridized carbons (Fsp3) is 0.300. The average molecular weight is 355 g/mol. The molecule has 2 unspecified atom stereocenters. The fourth-order valence-corrected chi connectivity index (χ4v) is 4.30. The molecule has 2 aromatic carbocycles. The van der Waals surface area contributed by atoms with Crippen LogP contribution < -0.4 is 10.2 Å². The highest BCUT2D eigenvalue weighted by Crippen LogP contribution is 2.42. The zero-order valence-electron chi connectivity index (χ0n) is 14.2. The Morgan fingerprint density at radius 1 is 1.28 bits per heavy atom. The molecule has 1 amide bonds. The van der Waals surface area contributed by atoms with Crippen molar-refractivity contribution in [3.05, 3.63) is 53.6 Å². The van der Waals surface area contributed by atoms with E-state index >= 15 is 0 Å². The van der Waals surface area contributed by atoms with Gasteiger partial charge in [-0.05, 0) is 17.2 Å². The van der Waals surface area contributed by atoms with E-state index in [0.29, 0.717) is 23.9 Å². The first-order chi connectivity index (χ1) is 12.0. The summed E-state index contributed by atoms with van der Waals surface area (Å²) in [6.07, 6.45) is 0.670. The highest BCUT2D eigenvalue weighted by molar-refractivity contribution is 6.33. The van der Waals surface area contributed by atoms with E-state index in [1.807, 2.05) is 48.5 Å². The molecular weight excluding hydrogens is 334 g/mol. The standard InChI is InChI=1S/C20H20ClN3O/c1-14-11-19(20(23)25)24(13-14,10-9-22)18-12-16(7-8-17(18)21)15-5-3-2-4-6-15/h2-8,12,14,19H,10-11,13H2,1H3,(H-,23,25)/p+1/t14?,19-,24?/m0/s1. The lowest BCUT2D eigenvalue weighted by Gasteiger charge is -2.37. The molecule has 2 N–H and O–H groups in total. The zero-order valence-corrected chi connectivity index (χ0v) is 14.9. The molecule has 3 atom stereocenters. The van der Waals surface area contributed by atoms with E-state index in [1.54, 1.807) is 0 Å². The van der Waals surface area contributed by atoms with Crippen LogP contribution in [0.2, 0.25) is 5.02 Å². The number of likely N-dealkylation sites (tertiary alicyclic amines) is 1. The van der Waals surface area contributed by atoms with Crippen LogP contribution >= 0.6 is 11.6 Å². The van der Waals surface area contributed by atoms with Crippen molar-refractivity contribution in [2.24, 2.45) is 11.7 Å². The largest absolute Gasteiger partial charge is 0.364 e. The summed E-state index contributed by atoms with van der Waals surface area (Å²) in [5.41, 5.74) is 8.58. The molecule has 1 saturated heterocycles. The molecule has 0 radical (unpaired) electrons. The summed E-state index contributed by atoms with van der Waals surface area (Å²) in [5, 5.41) is 10.0. The number of halogens is 1. The molecule has 1 heterocycles. The normalized spacial score (nSPS) is 25.5. The molecule has 1 fully saturated rings. The second kappa shape index (κ2) is 6.87. The van der Waals surface area contributed by atoms with Crippen molar-refractivity contribution >= 4 is 23.2 Å². The summed E-state index contributed by atoms with van der Waals surface area (Å²) < 4.78 is 0.215. The van der Waals surface area contributed by atoms with Crippen LogP contribution in [0.3, 0.4) is 0 Å². The molecule has 0 aromatic heterocycles. The van der Waals surface area contributed by atoms with Gasteiger partial charge in [0.2, 0.25) is 0 Å². The lowest BCUT2D eigenvalue weighted by molar-refractivity contribution is -0.121. The Balaban J connectivity index is 2.17. The Morgan fingerprint density at radius 3 is 2.64 bits per heavy atom. The summed E-state index contributed by atoms with van der Waals surface area (Å²) in [5.74, 6) is -0.0805. The SMILES string of the molecule is CC1C[C@@H](C(N)=O)[N+](CC#N)(c2cc(-c3ccccc3)ccc2Cl)C1. The van der Waals surface area contributed by atoms with Crippen LogP contribution in [0.15, 0.2) is 48.5 Å². The van der Waals surface area contributed by atoms with E-state index < -0.39 is 6.04 Å². The van der Waals surface area contributed by atoms with Crippen LogP contribution in [0.1, 0.15) is 13.3 Å². The van der Waals surface area contributed by atoms with Gasteiger partial charge in [-0.1, -0.05) is 54.9 Å². The predicted molar refractivity (Wildman–Crippen MR) is 101 cm³/mol. The summed E-state index contributed by atoms with van der Waals surface area (Å²) in [7, 11) is 0. The molecule has 0 bridgehead atoms. The summed E-state index contributed by atoms with van der Waals surface area (Å²) in [4.78, 5) is 12.1. The predicted octanol–water partition coefficient (Wildman–Crippen LogP) is 3.73. The summed E-state index contributed by atoms with van der Waals surface area (Å²) in [6.45, 7) is 2.94. The Bertz CT molecular complexity index is 831. The third-order valence-corrected chi connectivity index (χ3v) is 5.39. The number of quaternary nitrogens is 1. The highest BCUT2D eigenvalue weighted by atomic mass is 35.5. The molecule has 0 aliphatic carbocycles. The lowest BCUT2D eigenvalue weighted by atomic mass is 10.0. The first-order valence-corrected chi connectivity index (χ1v) is 8.74. The number of hydrogen-bond acceptors (Lipinski definition) is 2. The van der Waals surface area contributed by atoms with Crippen molar-refractivity contribution < 1.29 is 4.79 Å². The first-order valence-electron chi connectivity index (χ1n) is 8.36. The van der Waals surface area contributed by atoms with Crippen molar-refractivity contribution in [3.8, 4) is 17.2 Å². The second-order valence-corrected chi connectivity index (χ2v) is 7.23. The Labute approximate surface area is 153 Å². The van der Waals surface area contributed by atoms with Gasteiger partial charge in [0.25, 0.3) is 5.91 Å². The van der Waals surface area contributed by atoms with E-state index in [2.05, 4.69) is 13.0 Å². The van der Waals surface area contributed by atoms with Crippen LogP contribution in [0.4, 0.5) is 5.69 Å². The molecule has 1 aliphatic heterocycles. The number of hydrogen-bond donors (Lipinski definition) is 1. The third kappa shape index (κ3) is 3.13. The van der Waals surface area contributed by atoms with Gasteiger partial charge in [0.15, 0.2) is 18.3 Å². The number of rotatable bonds is 4. The lowest BCUT2D eigenvalue weighted by Crippen LogP contribution is -2.58. The van der Waals surface area contributed by atoms with Gasteiger partial charge in [0.1, 0.15) is 11.1 Å². The van der Waals surface area contributed by atoms with Gasteiger partial charge in [-0.15, -0.1) is 0 Å². The Morgan fingerprint density at radius 2 is 2.00 bits per heavy atom. The second-order valence-electron chi connectivity index (χ2n) is 6.82. The number of nitriles is 1. The van der Waals surface area contributed by atoms with E-state index in [4.69, 9.17) is 17.3 Å². The van der Waals surface area contributed by atoms with Gasteiger partial charge >= 0.3 is 0 Å². The Hall–Kier alpha value is -2.35. The van der Waals surface area contributed by atoms with E-state index in [1.165, 1.54) is 0 Å². The van der Waals surface area contributed by atoms with Crippen molar-refractivity contribution in [1.82, 2.24) is 4.48 Å². The van der Waals surface area contributed by atoms with Crippen LogP contribution in [0, 0.1) is 17.2 Å². The molecule has 1 aliphatic rings. The minimum Gasteiger partial charge on any atom is -0.364 e. The topological polar surface area (TPSA) is 66.9 Å². The highest BCUT2D eigenvalue weighted by Gasteiger charge is 2.51. The smallest absolute Gasteiger partial charge is 0.276 e. The van der Waals surface area contributed by atoms with Crippen LogP contribution in [0.5, 0.6) is 0 Å². The van der Waals surface area contributed by atoms with Crippen molar-refractivity contribution in [3.63, 3.8) is 0 Å². The Kier molecular flexibility index (Phi) is 4.80. The van der Waals surface area contributed by atoms with Gasteiger partial charge in [-0.3, -0.25) is 9.28 Å². The number of nitrogens with zero attached hydrogens (tertiary/aromatic N) is 2. The maximum atomic E-state index is 12.1. The molecule has 5 heteroatoms. The van der Waals surface area contributed by atoms with Crippen LogP contribution in [0.25, 0.3) is 11.1 Å². The van der Waals surface area contributed by atoms with Gasteiger partial charge in [-0.25, -0.2) is 0 Å². The van der Waals surface area contributed by atoms with Gasteiger partial charge < -0.3 is 5.73 Å². The minimum absolute atomic E-state index is 0.176. The number of benzene rings is 2. The van der Waals surface area contributed by atoms with Crippen molar-refractivity contribution in [2.45, 2.75) is 19.4 Å². The van der Waals surface area contributed by atoms with Crippen LogP contribution in [-0.2, 0) is 4.79 Å². The molecule has 0 saturated carbocycles. The number of primary amides is 1. The molecule has 2 aromatic rings. The number of nitrogens with two attached hydrogens (primary N) is 1. The molecular formula is C20H21ClN3O+. The minimum atomic E-state index is -0.432. The molecule has 0 spiro atoms. The average Bonchev–Trinajstić information content (AvgIpc) is 2.94. The molecule has 128 valence electrons. The van der Waals surface area contributed by atoms with E-state index in [9.17, 15) is 10.1 Å². The summed E-state index contributed by atoms with van der Waals surface area (Å²) in [6, 6.07) is 17.6. The van der Waals surface area contributed by atoms with Gasteiger partial charge in [-0.2, -0.15) is 5.26 Å². The fourth-order valence-electron chi connectivity index (χ4n) is 4.02. The van der Waals surface area contributed by atoms with Gasteiger partial charge in [0.05, 0.1) is 6.54 Å². The molecule has 25 heavy (non-hydrogen) atoms. The van der Waals surface area contributed by atoms with E-state index in [0.717, 1.165) is 16.8 Å².